The molecule has 3 aromatic rings. The van der Waals surface area contributed by atoms with Crippen LogP contribution >= 0.6 is 15.9 Å². The number of esters is 4. The summed E-state index contributed by atoms with van der Waals surface area (Å²) < 4.78 is 60.7. The molecule has 0 radical (unpaired) electrons. The molecule has 0 atom stereocenters. The SMILES string of the molecule is C=C(C)C(=O)OCCOCCOc1cc([N+](=O)[O-])c(CNCC(=O)OC)cc1OC.COC(=O)CNCc1cc(OC)c(OCCBr)cc1[N+](=O)[O-].COC(=O)CNCc1cc(OC)c(OCCOCCO)cc1[N+](=O)[O-]. The van der Waals surface area contributed by atoms with Crippen molar-refractivity contribution in [3.63, 3.8) is 0 Å². The Morgan fingerprint density at radius 3 is 1.13 bits per heavy atom. The number of benzene rings is 3. The van der Waals surface area contributed by atoms with E-state index in [0.29, 0.717) is 57.2 Å². The van der Waals surface area contributed by atoms with Crippen LogP contribution in [0.5, 0.6) is 34.5 Å². The second kappa shape index (κ2) is 39.0. The molecule has 0 saturated heterocycles. The van der Waals surface area contributed by atoms with Gasteiger partial charge < -0.3 is 77.9 Å². The number of ether oxygens (including phenoxy) is 12. The molecular weight excluding hydrogens is 1100 g/mol. The first-order chi connectivity index (χ1) is 36.8. The molecule has 4 N–H and O–H groups in total. The maximum atomic E-state index is 11.4. The number of hydrogen-bond donors (Lipinski definition) is 4. The van der Waals surface area contributed by atoms with Crippen molar-refractivity contribution in [2.45, 2.75) is 26.6 Å². The Morgan fingerprint density at radius 1 is 0.519 bits per heavy atom. The van der Waals surface area contributed by atoms with Gasteiger partial charge in [0.1, 0.15) is 19.8 Å². The van der Waals surface area contributed by atoms with E-state index in [4.69, 9.17) is 47.7 Å². The van der Waals surface area contributed by atoms with Gasteiger partial charge in [-0.1, -0.05) is 22.5 Å². The van der Waals surface area contributed by atoms with Crippen molar-refractivity contribution in [2.24, 2.45) is 0 Å². The molecule has 0 aliphatic heterocycles. The molecule has 77 heavy (non-hydrogen) atoms. The first-order valence-corrected chi connectivity index (χ1v) is 23.9. The van der Waals surface area contributed by atoms with Crippen LogP contribution in [0.1, 0.15) is 23.6 Å². The maximum Gasteiger partial charge on any atom is 0.333 e. The number of methoxy groups -OCH3 is 6. The van der Waals surface area contributed by atoms with Crippen molar-refractivity contribution in [1.82, 2.24) is 16.0 Å². The largest absolute Gasteiger partial charge is 0.493 e. The average molecular weight is 1160 g/mol. The van der Waals surface area contributed by atoms with Crippen molar-refractivity contribution in [3.8, 4) is 34.5 Å². The Morgan fingerprint density at radius 2 is 0.844 bits per heavy atom. The summed E-state index contributed by atoms with van der Waals surface area (Å²) >= 11 is 3.22. The molecule has 0 heterocycles. The van der Waals surface area contributed by atoms with Crippen LogP contribution in [0.4, 0.5) is 17.1 Å². The van der Waals surface area contributed by atoms with Crippen LogP contribution in [0, 0.1) is 30.3 Å². The third-order valence-corrected chi connectivity index (χ3v) is 9.80. The summed E-state index contributed by atoms with van der Waals surface area (Å²) in [5.74, 6) is -0.214. The molecular formula is C47H65BrN6O23. The Balaban J connectivity index is 0.000000585. The van der Waals surface area contributed by atoms with Gasteiger partial charge in [-0.05, 0) is 25.1 Å². The number of nitrogens with one attached hydrogen (secondary N) is 3. The van der Waals surface area contributed by atoms with E-state index in [2.05, 4.69) is 52.7 Å². The highest BCUT2D eigenvalue weighted by Crippen LogP contribution is 2.37. The summed E-state index contributed by atoms with van der Waals surface area (Å²) in [4.78, 5) is 76.8. The molecule has 0 aromatic heterocycles. The van der Waals surface area contributed by atoms with Crippen molar-refractivity contribution in [3.05, 3.63) is 95.6 Å². The van der Waals surface area contributed by atoms with E-state index < -0.39 is 38.6 Å². The van der Waals surface area contributed by atoms with Crippen LogP contribution in [0.2, 0.25) is 0 Å². The number of nitro benzene ring substituents is 3. The van der Waals surface area contributed by atoms with Crippen molar-refractivity contribution in [2.75, 3.05) is 127 Å². The Labute approximate surface area is 451 Å². The highest BCUT2D eigenvalue weighted by molar-refractivity contribution is 9.09. The van der Waals surface area contributed by atoms with Crippen LogP contribution in [0.15, 0.2) is 48.6 Å². The number of carbonyl (C=O) groups is 4. The normalized spacial score (nSPS) is 10.2. The lowest BCUT2D eigenvalue weighted by Gasteiger charge is -2.13. The molecule has 29 nitrogen and oxygen atoms in total. The zero-order chi connectivity index (χ0) is 57.7. The fourth-order valence-corrected chi connectivity index (χ4v) is 5.96. The standard InChI is InChI=1S/C19H26N2O9.C15H22N2O8.C13H17BrN2O6/c1-13(2)19(23)30-8-6-28-5-7-29-17-10-15(21(24)25)14(9-16(17)26-3)11-20-12-18(22)27-4;1-22-13-7-11(9-16-10-15(19)23-2)12(17(20)21)8-14(13)25-6-5-24-4-3-18;1-20-11-5-9(7-15-8-13(17)21-2)10(16(18)19)6-12(11)22-4-3-14/h9-10,20H,1,5-8,11-12H2,2-4H3;7-8,16,18H,3-6,9-10H2,1-2H3;5-6,15H,3-4,7-8H2,1-2H3. The minimum atomic E-state index is -0.548. The molecule has 0 unspecified atom stereocenters. The summed E-state index contributed by atoms with van der Waals surface area (Å²) in [7, 11) is 8.05. The number of aliphatic hydroxyl groups excluding tert-OH is 1. The third kappa shape index (κ3) is 26.2. The van der Waals surface area contributed by atoms with Gasteiger partial charge >= 0.3 is 23.9 Å². The van der Waals surface area contributed by atoms with E-state index in [-0.39, 0.29) is 121 Å². The summed E-state index contributed by atoms with van der Waals surface area (Å²) in [5.41, 5.74) is 0.897. The van der Waals surface area contributed by atoms with Gasteiger partial charge in [-0.3, -0.25) is 44.7 Å². The molecule has 428 valence electrons. The number of rotatable bonds is 35. The molecule has 0 fully saturated rings. The maximum absolute atomic E-state index is 11.4. The number of aliphatic hydroxyl groups is 1. The number of halogens is 1. The summed E-state index contributed by atoms with van der Waals surface area (Å²) in [6.07, 6.45) is 0. The molecule has 3 rings (SSSR count). The fourth-order valence-electron chi connectivity index (χ4n) is 5.79. The van der Waals surface area contributed by atoms with E-state index in [1.54, 1.807) is 6.92 Å². The van der Waals surface area contributed by atoms with Crippen LogP contribution in [-0.4, -0.2) is 171 Å². The lowest BCUT2D eigenvalue weighted by molar-refractivity contribution is -0.385. The zero-order valence-electron chi connectivity index (χ0n) is 43.6. The second-order valence-electron chi connectivity index (χ2n) is 14.8. The van der Waals surface area contributed by atoms with Crippen LogP contribution in [-0.2, 0) is 67.2 Å². The molecule has 0 aliphatic carbocycles. The average Bonchev–Trinajstić information content (AvgIpc) is 3.41. The molecule has 0 amide bonds. The van der Waals surface area contributed by atoms with Crippen molar-refractivity contribution < 1.29 is 95.9 Å². The number of hydrogen-bond acceptors (Lipinski definition) is 26. The summed E-state index contributed by atoms with van der Waals surface area (Å²) in [5, 5.41) is 51.4. The fraction of sp³-hybridized carbons (Fsp3) is 0.489. The molecule has 3 aromatic carbocycles. The molecule has 0 spiro atoms. The quantitative estimate of drug-likeness (QED) is 0.0125. The van der Waals surface area contributed by atoms with Gasteiger partial charge in [-0.15, -0.1) is 0 Å². The third-order valence-electron chi connectivity index (χ3n) is 9.47. The Hall–Kier alpha value is -7.48. The number of nitro groups is 3. The predicted octanol–water partition coefficient (Wildman–Crippen LogP) is 3.27. The van der Waals surface area contributed by atoms with Crippen LogP contribution in [0.25, 0.3) is 0 Å². The number of nitrogens with zero attached hydrogens (tertiary/aromatic N) is 3. The van der Waals surface area contributed by atoms with E-state index in [1.807, 2.05) is 0 Å². The van der Waals surface area contributed by atoms with Gasteiger partial charge in [-0.25, -0.2) is 4.79 Å². The Kier molecular flexibility index (Phi) is 34.2. The molecule has 0 saturated carbocycles. The van der Waals surface area contributed by atoms with Gasteiger partial charge in [0.15, 0.2) is 34.5 Å². The van der Waals surface area contributed by atoms with E-state index in [9.17, 15) is 49.5 Å². The molecule has 30 heteroatoms. The van der Waals surface area contributed by atoms with Crippen LogP contribution < -0.4 is 44.4 Å². The highest BCUT2D eigenvalue weighted by Gasteiger charge is 2.23. The van der Waals surface area contributed by atoms with E-state index in [0.717, 1.165) is 0 Å². The lowest BCUT2D eigenvalue weighted by atomic mass is 10.1. The highest BCUT2D eigenvalue weighted by atomic mass is 79.9. The van der Waals surface area contributed by atoms with Gasteiger partial charge in [0.2, 0.25) is 0 Å². The minimum Gasteiger partial charge on any atom is -0.493 e. The second-order valence-corrected chi connectivity index (χ2v) is 15.6. The number of alkyl halides is 1. The van der Waals surface area contributed by atoms with Gasteiger partial charge in [0.05, 0.1) is 135 Å². The number of carbonyl (C=O) groups excluding carboxylic acids is 4. The Bertz CT molecular complexity index is 2390. The predicted molar refractivity (Wildman–Crippen MR) is 275 cm³/mol. The summed E-state index contributed by atoms with van der Waals surface area (Å²) in [6.45, 7) is 6.41. The van der Waals surface area contributed by atoms with Crippen molar-refractivity contribution in [1.29, 1.82) is 0 Å². The van der Waals surface area contributed by atoms with E-state index in [1.165, 1.54) is 79.1 Å². The smallest absolute Gasteiger partial charge is 0.333 e. The van der Waals surface area contributed by atoms with Gasteiger partial charge in [0, 0.05) is 47.2 Å². The summed E-state index contributed by atoms with van der Waals surface area (Å²) in [6, 6.07) is 8.30. The topological polar surface area (TPSA) is 365 Å². The van der Waals surface area contributed by atoms with Crippen LogP contribution in [0.3, 0.4) is 0 Å². The van der Waals surface area contributed by atoms with Gasteiger partial charge in [0.25, 0.3) is 17.1 Å². The van der Waals surface area contributed by atoms with E-state index >= 15 is 0 Å². The first-order valence-electron chi connectivity index (χ1n) is 22.8. The lowest BCUT2D eigenvalue weighted by Crippen LogP contribution is -2.23. The monoisotopic (exact) mass is 1160 g/mol. The molecule has 0 aliphatic rings. The first kappa shape index (κ1) is 67.5. The molecule has 0 bridgehead atoms. The van der Waals surface area contributed by atoms with Gasteiger partial charge in [-0.2, -0.15) is 0 Å². The minimum absolute atomic E-state index is 0.0438. The zero-order valence-corrected chi connectivity index (χ0v) is 45.2. The van der Waals surface area contributed by atoms with Crippen molar-refractivity contribution >= 4 is 56.9 Å².